The number of nitrogens with zero attached hydrogens (tertiary/aromatic N) is 2. The molecule has 2 atom stereocenters. The summed E-state index contributed by atoms with van der Waals surface area (Å²) < 4.78 is 0. The zero-order valence-corrected chi connectivity index (χ0v) is 15.4. The number of carbonyl (C=O) groups excluding carboxylic acids is 2. The van der Waals surface area contributed by atoms with Crippen LogP contribution in [0.3, 0.4) is 0 Å². The fraction of sp³-hybridized carbons (Fsp3) is 0.350. The van der Waals surface area contributed by atoms with E-state index in [0.717, 1.165) is 17.8 Å². The second-order valence-corrected chi connectivity index (χ2v) is 7.07. The van der Waals surface area contributed by atoms with Gasteiger partial charge >= 0.3 is 0 Å². The number of nitrogens with one attached hydrogen (secondary N) is 1. The molecule has 1 fully saturated rings. The molecule has 6 heteroatoms. The Labute approximate surface area is 158 Å². The molecule has 2 amide bonds. The molecule has 1 heterocycles. The minimum atomic E-state index is -0.0675. The fourth-order valence-corrected chi connectivity index (χ4v) is 2.97. The van der Waals surface area contributed by atoms with Crippen molar-refractivity contribution in [2.45, 2.75) is 26.3 Å². The average molecular weight is 372 g/mol. The molecule has 0 unspecified atom stereocenters. The van der Waals surface area contributed by atoms with Crippen molar-refractivity contribution in [1.82, 2.24) is 10.3 Å². The summed E-state index contributed by atoms with van der Waals surface area (Å²) in [5.41, 5.74) is 1.55. The quantitative estimate of drug-likeness (QED) is 0.811. The van der Waals surface area contributed by atoms with Crippen LogP contribution in [0.15, 0.2) is 48.7 Å². The molecule has 0 spiro atoms. The fourth-order valence-electron chi connectivity index (χ4n) is 2.84. The predicted octanol–water partition coefficient (Wildman–Crippen LogP) is 3.43. The smallest absolute Gasteiger partial charge is 0.229 e. The Hall–Kier alpha value is -2.40. The van der Waals surface area contributed by atoms with Crippen LogP contribution in [-0.4, -0.2) is 23.3 Å². The molecular weight excluding hydrogens is 350 g/mol. The maximum absolute atomic E-state index is 12.8. The number of benzene rings is 1. The number of amides is 2. The van der Waals surface area contributed by atoms with E-state index in [1.54, 1.807) is 23.2 Å². The number of carbonyl (C=O) groups is 2. The van der Waals surface area contributed by atoms with E-state index in [4.69, 9.17) is 11.6 Å². The van der Waals surface area contributed by atoms with Crippen molar-refractivity contribution in [3.8, 4) is 0 Å². The predicted molar refractivity (Wildman–Crippen MR) is 102 cm³/mol. The average Bonchev–Trinajstić information content (AvgIpc) is 3.38. The normalized spacial score (nSPS) is 18.2. The summed E-state index contributed by atoms with van der Waals surface area (Å²) >= 11 is 5.96. The largest absolute Gasteiger partial charge is 0.355 e. The minimum Gasteiger partial charge on any atom is -0.355 e. The van der Waals surface area contributed by atoms with Gasteiger partial charge in [0.1, 0.15) is 0 Å². The van der Waals surface area contributed by atoms with E-state index in [0.29, 0.717) is 24.0 Å². The van der Waals surface area contributed by atoms with E-state index in [1.807, 2.05) is 30.3 Å². The molecule has 5 nitrogen and oxygen atoms in total. The first-order valence-electron chi connectivity index (χ1n) is 8.78. The zero-order chi connectivity index (χ0) is 18.5. The molecule has 0 aliphatic heterocycles. The summed E-state index contributed by atoms with van der Waals surface area (Å²) in [6, 6.07) is 12.8. The third kappa shape index (κ3) is 4.82. The third-order valence-corrected chi connectivity index (χ3v) is 4.82. The number of anilines is 1. The zero-order valence-electron chi connectivity index (χ0n) is 14.7. The van der Waals surface area contributed by atoms with Crippen LogP contribution in [0, 0.1) is 11.8 Å². The van der Waals surface area contributed by atoms with Crippen LogP contribution in [-0.2, 0) is 16.1 Å². The number of aromatic nitrogens is 1. The standard InChI is InChI=1S/C20H22ClN3O2/c1-14-12-18(14)20(26)23-11-9-19(25)24(13-16-4-2-3-10-22-16)17-7-5-15(21)6-8-17/h2-8,10,14,18H,9,11-13H2,1H3,(H,23,26)/t14-,18-/m0/s1. The highest BCUT2D eigenvalue weighted by Gasteiger charge is 2.38. The molecule has 136 valence electrons. The number of rotatable bonds is 7. The Morgan fingerprint density at radius 2 is 1.96 bits per heavy atom. The summed E-state index contributed by atoms with van der Waals surface area (Å²) in [5, 5.41) is 3.48. The lowest BCUT2D eigenvalue weighted by Gasteiger charge is -2.23. The van der Waals surface area contributed by atoms with Crippen LogP contribution in [0.4, 0.5) is 5.69 Å². The first kappa shape index (κ1) is 18.4. The van der Waals surface area contributed by atoms with E-state index in [-0.39, 0.29) is 24.2 Å². The topological polar surface area (TPSA) is 62.3 Å². The summed E-state index contributed by atoms with van der Waals surface area (Å²) in [4.78, 5) is 30.7. The van der Waals surface area contributed by atoms with Crippen LogP contribution >= 0.6 is 11.6 Å². The molecule has 0 radical (unpaired) electrons. The van der Waals surface area contributed by atoms with E-state index in [1.165, 1.54) is 0 Å². The summed E-state index contributed by atoms with van der Waals surface area (Å²) in [6.45, 7) is 2.77. The SMILES string of the molecule is C[C@H]1C[C@@H]1C(=O)NCCC(=O)N(Cc1ccccn1)c1ccc(Cl)cc1. The lowest BCUT2D eigenvalue weighted by molar-refractivity contribution is -0.122. The molecule has 1 aromatic heterocycles. The van der Waals surface area contributed by atoms with Crippen molar-refractivity contribution in [3.63, 3.8) is 0 Å². The molecule has 1 N–H and O–H groups in total. The van der Waals surface area contributed by atoms with Gasteiger partial charge in [-0.15, -0.1) is 0 Å². The summed E-state index contributed by atoms with van der Waals surface area (Å²) in [7, 11) is 0. The molecule has 1 aliphatic carbocycles. The molecule has 0 saturated heterocycles. The molecule has 3 rings (SSSR count). The molecule has 1 aliphatic rings. The van der Waals surface area contributed by atoms with Crippen LogP contribution in [0.2, 0.25) is 5.02 Å². The van der Waals surface area contributed by atoms with Crippen LogP contribution in [0.5, 0.6) is 0 Å². The van der Waals surface area contributed by atoms with Crippen molar-refractivity contribution in [3.05, 3.63) is 59.4 Å². The Morgan fingerprint density at radius 1 is 1.23 bits per heavy atom. The van der Waals surface area contributed by atoms with Gasteiger partial charge in [-0.2, -0.15) is 0 Å². The Balaban J connectivity index is 1.64. The Morgan fingerprint density at radius 3 is 2.58 bits per heavy atom. The first-order valence-corrected chi connectivity index (χ1v) is 9.16. The number of pyridine rings is 1. The van der Waals surface area contributed by atoms with Gasteiger partial charge in [-0.25, -0.2) is 0 Å². The van der Waals surface area contributed by atoms with Crippen LogP contribution in [0.25, 0.3) is 0 Å². The van der Waals surface area contributed by atoms with Crippen molar-refractivity contribution >= 4 is 29.1 Å². The summed E-state index contributed by atoms with van der Waals surface area (Å²) in [6.07, 6.45) is 2.88. The minimum absolute atomic E-state index is 0.0491. The molecule has 1 saturated carbocycles. The van der Waals surface area contributed by atoms with Crippen molar-refractivity contribution < 1.29 is 9.59 Å². The molecule has 26 heavy (non-hydrogen) atoms. The highest BCUT2D eigenvalue weighted by atomic mass is 35.5. The second kappa shape index (κ2) is 8.32. The number of hydrogen-bond acceptors (Lipinski definition) is 3. The molecule has 0 bridgehead atoms. The highest BCUT2D eigenvalue weighted by molar-refractivity contribution is 6.30. The van der Waals surface area contributed by atoms with Gasteiger partial charge in [0.15, 0.2) is 0 Å². The number of halogens is 1. The van der Waals surface area contributed by atoms with Crippen molar-refractivity contribution in [2.75, 3.05) is 11.4 Å². The monoisotopic (exact) mass is 371 g/mol. The molecular formula is C20H22ClN3O2. The van der Waals surface area contributed by atoms with E-state index >= 15 is 0 Å². The van der Waals surface area contributed by atoms with Crippen LogP contribution < -0.4 is 10.2 Å². The maximum atomic E-state index is 12.8. The van der Waals surface area contributed by atoms with Crippen LogP contribution in [0.1, 0.15) is 25.5 Å². The van der Waals surface area contributed by atoms with Gasteiger partial charge in [-0.1, -0.05) is 24.6 Å². The van der Waals surface area contributed by atoms with Gasteiger partial charge in [-0.3, -0.25) is 14.6 Å². The second-order valence-electron chi connectivity index (χ2n) is 6.64. The van der Waals surface area contributed by atoms with Crippen molar-refractivity contribution in [1.29, 1.82) is 0 Å². The highest BCUT2D eigenvalue weighted by Crippen LogP contribution is 2.37. The lowest BCUT2D eigenvalue weighted by Crippen LogP contribution is -2.35. The summed E-state index contributed by atoms with van der Waals surface area (Å²) in [5.74, 6) is 0.557. The van der Waals surface area contributed by atoms with Gasteiger partial charge in [0.05, 0.1) is 12.2 Å². The van der Waals surface area contributed by atoms with Gasteiger partial charge < -0.3 is 10.2 Å². The Bertz CT molecular complexity index is 764. The first-order chi connectivity index (χ1) is 12.5. The molecule has 1 aromatic carbocycles. The van der Waals surface area contributed by atoms with E-state index in [9.17, 15) is 9.59 Å². The van der Waals surface area contributed by atoms with E-state index in [2.05, 4.69) is 17.2 Å². The lowest BCUT2D eigenvalue weighted by atomic mass is 10.2. The number of hydrogen-bond donors (Lipinski definition) is 1. The van der Waals surface area contributed by atoms with Crippen molar-refractivity contribution in [2.24, 2.45) is 11.8 Å². The van der Waals surface area contributed by atoms with Gasteiger partial charge in [0, 0.05) is 35.8 Å². The van der Waals surface area contributed by atoms with Gasteiger partial charge in [0.25, 0.3) is 0 Å². The van der Waals surface area contributed by atoms with Gasteiger partial charge in [0.2, 0.25) is 11.8 Å². The van der Waals surface area contributed by atoms with E-state index < -0.39 is 0 Å². The Kier molecular flexibility index (Phi) is 5.89. The maximum Gasteiger partial charge on any atom is 0.229 e. The third-order valence-electron chi connectivity index (χ3n) is 4.57. The van der Waals surface area contributed by atoms with Gasteiger partial charge in [-0.05, 0) is 48.7 Å². The molecule has 2 aromatic rings.